The maximum Gasteiger partial charge on any atom is 0.236 e. The van der Waals surface area contributed by atoms with Gasteiger partial charge >= 0.3 is 0 Å². The van der Waals surface area contributed by atoms with Crippen molar-refractivity contribution in [2.24, 2.45) is 7.05 Å². The zero-order valence-corrected chi connectivity index (χ0v) is 16.2. The molecular formula is C15H14BrN5OS2. The summed E-state index contributed by atoms with van der Waals surface area (Å²) < 4.78 is 2.83. The van der Waals surface area contributed by atoms with Crippen LogP contribution >= 0.6 is 39.0 Å². The van der Waals surface area contributed by atoms with E-state index in [2.05, 4.69) is 36.4 Å². The van der Waals surface area contributed by atoms with Gasteiger partial charge in [-0.05, 0) is 13.0 Å². The third-order valence-electron chi connectivity index (χ3n) is 3.15. The number of benzene rings is 1. The van der Waals surface area contributed by atoms with Crippen LogP contribution in [0.1, 0.15) is 4.88 Å². The molecule has 3 rings (SSSR count). The molecule has 0 bridgehead atoms. The first-order chi connectivity index (χ1) is 11.5. The first kappa shape index (κ1) is 17.1. The van der Waals surface area contributed by atoms with E-state index in [0.29, 0.717) is 10.3 Å². The summed E-state index contributed by atoms with van der Waals surface area (Å²) in [6.07, 6.45) is 1.74. The molecular weight excluding hydrogens is 410 g/mol. The van der Waals surface area contributed by atoms with Crippen LogP contribution in [-0.2, 0) is 11.8 Å². The summed E-state index contributed by atoms with van der Waals surface area (Å²) in [5, 5.41) is 12.5. The first-order valence-corrected chi connectivity index (χ1v) is 9.63. The van der Waals surface area contributed by atoms with Crippen LogP contribution < -0.4 is 5.32 Å². The summed E-state index contributed by atoms with van der Waals surface area (Å²) in [5.41, 5.74) is 0.960. The molecule has 2 heterocycles. The van der Waals surface area contributed by atoms with Crippen LogP contribution in [0.2, 0.25) is 0 Å². The Bertz CT molecular complexity index is 876. The van der Waals surface area contributed by atoms with Gasteiger partial charge in [-0.1, -0.05) is 45.9 Å². The van der Waals surface area contributed by atoms with Crippen LogP contribution in [0, 0.1) is 6.92 Å². The monoisotopic (exact) mass is 423 g/mol. The van der Waals surface area contributed by atoms with Crippen molar-refractivity contribution >= 4 is 50.1 Å². The van der Waals surface area contributed by atoms with Crippen molar-refractivity contribution in [2.75, 3.05) is 11.1 Å². The van der Waals surface area contributed by atoms with Gasteiger partial charge in [0.1, 0.15) is 0 Å². The quantitative estimate of drug-likeness (QED) is 0.632. The van der Waals surface area contributed by atoms with Crippen molar-refractivity contribution in [2.45, 2.75) is 12.1 Å². The van der Waals surface area contributed by atoms with Gasteiger partial charge in [0, 0.05) is 28.2 Å². The third-order valence-corrected chi connectivity index (χ3v) is 5.69. The molecule has 1 amide bonds. The van der Waals surface area contributed by atoms with Crippen molar-refractivity contribution < 1.29 is 4.79 Å². The molecule has 0 radical (unpaired) electrons. The number of halogens is 1. The first-order valence-electron chi connectivity index (χ1n) is 7.04. The molecule has 0 unspecified atom stereocenters. The number of thiazole rings is 1. The van der Waals surface area contributed by atoms with Gasteiger partial charge in [0.15, 0.2) is 16.1 Å². The highest BCUT2D eigenvalue weighted by Gasteiger charge is 2.15. The van der Waals surface area contributed by atoms with E-state index in [0.717, 1.165) is 20.7 Å². The fourth-order valence-corrected chi connectivity index (χ4v) is 3.87. The van der Waals surface area contributed by atoms with E-state index in [1.807, 2.05) is 42.8 Å². The predicted molar refractivity (Wildman–Crippen MR) is 100 cm³/mol. The highest BCUT2D eigenvalue weighted by molar-refractivity contribution is 9.10. The van der Waals surface area contributed by atoms with Crippen LogP contribution in [0.25, 0.3) is 11.4 Å². The van der Waals surface area contributed by atoms with Crippen LogP contribution in [-0.4, -0.2) is 31.4 Å². The number of hydrogen-bond donors (Lipinski definition) is 1. The zero-order chi connectivity index (χ0) is 17.1. The molecule has 0 fully saturated rings. The van der Waals surface area contributed by atoms with Gasteiger partial charge < -0.3 is 9.88 Å². The fourth-order valence-electron chi connectivity index (χ4n) is 2.02. The normalized spacial score (nSPS) is 10.8. The average Bonchev–Trinajstić information content (AvgIpc) is 3.12. The smallest absolute Gasteiger partial charge is 0.236 e. The van der Waals surface area contributed by atoms with Gasteiger partial charge in [0.05, 0.1) is 5.75 Å². The highest BCUT2D eigenvalue weighted by Crippen LogP contribution is 2.28. The number of aromatic nitrogens is 4. The van der Waals surface area contributed by atoms with Gasteiger partial charge in [-0.2, -0.15) is 0 Å². The summed E-state index contributed by atoms with van der Waals surface area (Å²) in [7, 11) is 1.89. The Morgan fingerprint density at radius 1 is 1.38 bits per heavy atom. The number of aryl methyl sites for hydroxylation is 1. The van der Waals surface area contributed by atoms with Crippen molar-refractivity contribution in [3.8, 4) is 11.4 Å². The highest BCUT2D eigenvalue weighted by atomic mass is 79.9. The van der Waals surface area contributed by atoms with Crippen molar-refractivity contribution in [1.29, 1.82) is 0 Å². The van der Waals surface area contributed by atoms with E-state index >= 15 is 0 Å². The summed E-state index contributed by atoms with van der Waals surface area (Å²) in [6, 6.07) is 7.83. The molecule has 0 aliphatic heterocycles. The van der Waals surface area contributed by atoms with E-state index in [1.165, 1.54) is 23.1 Å². The lowest BCUT2D eigenvalue weighted by molar-refractivity contribution is -0.113. The topological polar surface area (TPSA) is 72.7 Å². The van der Waals surface area contributed by atoms with Crippen LogP contribution in [0.3, 0.4) is 0 Å². The molecule has 3 aromatic rings. The fraction of sp³-hybridized carbons (Fsp3) is 0.200. The Labute approximate surface area is 155 Å². The largest absolute Gasteiger partial charge is 0.305 e. The second kappa shape index (κ2) is 7.45. The molecule has 1 aromatic carbocycles. The number of nitrogens with zero attached hydrogens (tertiary/aromatic N) is 4. The van der Waals surface area contributed by atoms with E-state index < -0.39 is 0 Å². The molecule has 0 saturated heterocycles. The number of nitrogens with one attached hydrogen (secondary N) is 1. The average molecular weight is 424 g/mol. The van der Waals surface area contributed by atoms with Gasteiger partial charge in [-0.3, -0.25) is 4.79 Å². The maximum atomic E-state index is 12.0. The Hall–Kier alpha value is -1.71. The number of hydrogen-bond acceptors (Lipinski definition) is 6. The number of anilines is 1. The lowest BCUT2D eigenvalue weighted by Crippen LogP contribution is -2.14. The van der Waals surface area contributed by atoms with Gasteiger partial charge in [0.25, 0.3) is 0 Å². The number of amides is 1. The Kier molecular flexibility index (Phi) is 5.32. The van der Waals surface area contributed by atoms with Crippen molar-refractivity contribution in [3.05, 3.63) is 39.8 Å². The Morgan fingerprint density at radius 2 is 2.17 bits per heavy atom. The predicted octanol–water partition coefficient (Wildman–Crippen LogP) is 3.74. The summed E-state index contributed by atoms with van der Waals surface area (Å²) in [5.74, 6) is 0.890. The van der Waals surface area contributed by atoms with Gasteiger partial charge in [0.2, 0.25) is 5.91 Å². The van der Waals surface area contributed by atoms with Crippen LogP contribution in [0.5, 0.6) is 0 Å². The third kappa shape index (κ3) is 3.85. The minimum Gasteiger partial charge on any atom is -0.305 e. The number of rotatable bonds is 5. The van der Waals surface area contributed by atoms with E-state index in [4.69, 9.17) is 0 Å². The Morgan fingerprint density at radius 3 is 2.88 bits per heavy atom. The van der Waals surface area contributed by atoms with Crippen molar-refractivity contribution in [1.82, 2.24) is 19.7 Å². The summed E-state index contributed by atoms with van der Waals surface area (Å²) in [6.45, 7) is 1.95. The second-order valence-corrected chi connectivity index (χ2v) is 7.99. The second-order valence-electron chi connectivity index (χ2n) is 4.96. The number of thioether (sulfide) groups is 1. The van der Waals surface area contributed by atoms with E-state index in [9.17, 15) is 4.79 Å². The lowest BCUT2D eigenvalue weighted by Gasteiger charge is -2.05. The lowest BCUT2D eigenvalue weighted by atomic mass is 10.2. The van der Waals surface area contributed by atoms with Crippen LogP contribution in [0.4, 0.5) is 5.13 Å². The number of carbonyl (C=O) groups is 1. The molecule has 2 aromatic heterocycles. The van der Waals surface area contributed by atoms with E-state index in [1.54, 1.807) is 6.20 Å². The van der Waals surface area contributed by atoms with E-state index in [-0.39, 0.29) is 11.7 Å². The van der Waals surface area contributed by atoms with Crippen molar-refractivity contribution in [3.63, 3.8) is 0 Å². The molecule has 0 aliphatic rings. The summed E-state index contributed by atoms with van der Waals surface area (Å²) >= 11 is 6.31. The Balaban J connectivity index is 1.66. The molecule has 0 spiro atoms. The molecule has 24 heavy (non-hydrogen) atoms. The van der Waals surface area contributed by atoms with Crippen LogP contribution in [0.15, 0.2) is 40.1 Å². The molecule has 9 heteroatoms. The van der Waals surface area contributed by atoms with Gasteiger partial charge in [-0.15, -0.1) is 21.5 Å². The molecule has 0 saturated carbocycles. The number of carbonyl (C=O) groups excluding carboxylic acids is 1. The molecule has 6 nitrogen and oxygen atoms in total. The minimum absolute atomic E-state index is 0.111. The molecule has 0 aliphatic carbocycles. The minimum atomic E-state index is -0.111. The summed E-state index contributed by atoms with van der Waals surface area (Å²) in [4.78, 5) is 17.2. The maximum absolute atomic E-state index is 12.0. The zero-order valence-electron chi connectivity index (χ0n) is 13.0. The molecule has 1 N–H and O–H groups in total. The van der Waals surface area contributed by atoms with Gasteiger partial charge in [-0.25, -0.2) is 4.98 Å². The molecule has 0 atom stereocenters. The molecule has 124 valence electrons. The SMILES string of the molecule is Cc1cnc(NC(=O)CSc2nnc(-c3ccccc3Br)n2C)s1. The standard InChI is InChI=1S/C15H14BrN5OS2/c1-9-7-17-14(24-9)18-12(22)8-23-15-20-19-13(21(15)2)10-5-3-4-6-11(10)16/h3-7H,8H2,1-2H3,(H,17,18,22).